The summed E-state index contributed by atoms with van der Waals surface area (Å²) in [5, 5.41) is 12.0. The zero-order valence-corrected chi connectivity index (χ0v) is 12.1. The van der Waals surface area contributed by atoms with Crippen LogP contribution in [0.15, 0.2) is 64.2 Å². The minimum absolute atomic E-state index is 0.208. The number of halogens is 1. The van der Waals surface area contributed by atoms with Crippen LogP contribution in [0.25, 0.3) is 10.8 Å². The van der Waals surface area contributed by atoms with Gasteiger partial charge in [-0.1, -0.05) is 34.1 Å². The summed E-state index contributed by atoms with van der Waals surface area (Å²) in [7, 11) is 0. The molecule has 2 aromatic carbocycles. The first kappa shape index (κ1) is 12.8. The van der Waals surface area contributed by atoms with Crippen LogP contribution < -0.4 is 0 Å². The molecule has 0 fully saturated rings. The molecule has 0 bridgehead atoms. The Morgan fingerprint density at radius 2 is 2.00 bits per heavy atom. The van der Waals surface area contributed by atoms with Crippen molar-refractivity contribution < 1.29 is 5.11 Å². The summed E-state index contributed by atoms with van der Waals surface area (Å²) in [6.45, 7) is 0. The van der Waals surface area contributed by atoms with Crippen LogP contribution in [0.1, 0.15) is 5.56 Å². The number of hydrogen-bond donors (Lipinski definition) is 1. The second-order valence-corrected chi connectivity index (χ2v) is 5.23. The fourth-order valence-electron chi connectivity index (χ4n) is 2.01. The number of phenolic OH excluding ortho intramolecular Hbond substituents is 1. The van der Waals surface area contributed by atoms with Crippen molar-refractivity contribution in [3.63, 3.8) is 0 Å². The predicted octanol–water partition coefficient (Wildman–Crippen LogP) is 4.45. The van der Waals surface area contributed by atoms with Gasteiger partial charge in [-0.2, -0.15) is 0 Å². The van der Waals surface area contributed by atoms with Crippen LogP contribution in [0, 0.1) is 0 Å². The van der Waals surface area contributed by atoms with E-state index in [1.807, 2.05) is 42.5 Å². The van der Waals surface area contributed by atoms with Crippen LogP contribution in [-0.2, 0) is 0 Å². The van der Waals surface area contributed by atoms with Gasteiger partial charge in [0.2, 0.25) is 0 Å². The number of hydrogen-bond acceptors (Lipinski definition) is 3. The molecule has 1 aromatic heterocycles. The molecular weight excluding hydrogens is 316 g/mol. The number of benzene rings is 2. The Balaban J connectivity index is 2.11. The average molecular weight is 327 g/mol. The third-order valence-electron chi connectivity index (χ3n) is 2.98. The van der Waals surface area contributed by atoms with E-state index in [9.17, 15) is 5.11 Å². The molecule has 0 amide bonds. The van der Waals surface area contributed by atoms with Gasteiger partial charge in [0.05, 0.1) is 0 Å². The molecule has 0 atom stereocenters. The highest BCUT2D eigenvalue weighted by Gasteiger charge is 2.05. The Morgan fingerprint density at radius 3 is 2.80 bits per heavy atom. The van der Waals surface area contributed by atoms with Crippen molar-refractivity contribution in [1.29, 1.82) is 0 Å². The highest BCUT2D eigenvalue weighted by atomic mass is 79.9. The van der Waals surface area contributed by atoms with E-state index in [1.165, 1.54) is 0 Å². The molecule has 98 valence electrons. The zero-order chi connectivity index (χ0) is 13.9. The lowest BCUT2D eigenvalue weighted by Crippen LogP contribution is -1.86. The molecule has 0 unspecified atom stereocenters. The topological polar surface area (TPSA) is 45.5 Å². The van der Waals surface area contributed by atoms with Crippen LogP contribution in [0.2, 0.25) is 0 Å². The molecule has 1 heterocycles. The van der Waals surface area contributed by atoms with Crippen molar-refractivity contribution in [2.75, 3.05) is 0 Å². The lowest BCUT2D eigenvalue weighted by atomic mass is 10.0. The van der Waals surface area contributed by atoms with E-state index in [2.05, 4.69) is 25.9 Å². The van der Waals surface area contributed by atoms with Gasteiger partial charge in [-0.15, -0.1) is 0 Å². The van der Waals surface area contributed by atoms with Crippen molar-refractivity contribution >= 4 is 38.7 Å². The van der Waals surface area contributed by atoms with E-state index in [4.69, 9.17) is 0 Å². The smallest absolute Gasteiger partial charge is 0.151 e. The van der Waals surface area contributed by atoms with E-state index < -0.39 is 0 Å². The van der Waals surface area contributed by atoms with Gasteiger partial charge in [0.15, 0.2) is 5.82 Å². The molecule has 1 N–H and O–H groups in total. The molecule has 0 saturated carbocycles. The van der Waals surface area contributed by atoms with Crippen LogP contribution in [0.3, 0.4) is 0 Å². The van der Waals surface area contributed by atoms with E-state index in [-0.39, 0.29) is 5.75 Å². The third-order valence-corrected chi connectivity index (χ3v) is 3.47. The van der Waals surface area contributed by atoms with Crippen molar-refractivity contribution in [1.82, 2.24) is 4.98 Å². The lowest BCUT2D eigenvalue weighted by molar-refractivity contribution is 0.475. The maximum absolute atomic E-state index is 10.0. The fourth-order valence-corrected chi connectivity index (χ4v) is 2.39. The normalized spacial score (nSPS) is 11.2. The monoisotopic (exact) mass is 326 g/mol. The van der Waals surface area contributed by atoms with Crippen LogP contribution in [0.4, 0.5) is 5.82 Å². The van der Waals surface area contributed by atoms with Gasteiger partial charge in [-0.05, 0) is 41.1 Å². The Morgan fingerprint density at radius 1 is 1.10 bits per heavy atom. The molecule has 3 aromatic rings. The zero-order valence-electron chi connectivity index (χ0n) is 10.5. The molecule has 0 saturated heterocycles. The summed E-state index contributed by atoms with van der Waals surface area (Å²) in [6.07, 6.45) is 3.33. The Hall–Kier alpha value is -2.20. The predicted molar refractivity (Wildman–Crippen MR) is 84.8 cm³/mol. The first-order chi connectivity index (χ1) is 9.74. The maximum Gasteiger partial charge on any atom is 0.151 e. The number of aliphatic imine (C=N–C) groups is 1. The molecule has 0 aliphatic heterocycles. The van der Waals surface area contributed by atoms with Gasteiger partial charge in [0.25, 0.3) is 0 Å². The Labute approximate surface area is 124 Å². The van der Waals surface area contributed by atoms with Crippen molar-refractivity contribution in [3.05, 3.63) is 64.8 Å². The van der Waals surface area contributed by atoms with E-state index in [0.717, 1.165) is 15.2 Å². The second-order valence-electron chi connectivity index (χ2n) is 4.31. The van der Waals surface area contributed by atoms with Gasteiger partial charge in [0, 0.05) is 22.4 Å². The van der Waals surface area contributed by atoms with E-state index >= 15 is 0 Å². The second kappa shape index (κ2) is 5.43. The highest BCUT2D eigenvalue weighted by molar-refractivity contribution is 9.10. The van der Waals surface area contributed by atoms with Crippen LogP contribution in [0.5, 0.6) is 5.75 Å². The number of nitrogens with zero attached hydrogens (tertiary/aromatic N) is 2. The summed E-state index contributed by atoms with van der Waals surface area (Å²) in [5.41, 5.74) is 0.695. The molecule has 0 aliphatic carbocycles. The number of phenols is 1. The summed E-state index contributed by atoms with van der Waals surface area (Å²) in [4.78, 5) is 8.43. The van der Waals surface area contributed by atoms with Gasteiger partial charge >= 0.3 is 0 Å². The number of rotatable bonds is 2. The molecule has 0 aliphatic rings. The summed E-state index contributed by atoms with van der Waals surface area (Å²) < 4.78 is 1.00. The van der Waals surface area contributed by atoms with Crippen molar-refractivity contribution in [2.24, 2.45) is 4.99 Å². The largest absolute Gasteiger partial charge is 0.507 e. The van der Waals surface area contributed by atoms with Crippen LogP contribution >= 0.6 is 15.9 Å². The lowest BCUT2D eigenvalue weighted by Gasteiger charge is -2.05. The van der Waals surface area contributed by atoms with E-state index in [1.54, 1.807) is 18.5 Å². The molecule has 0 radical (unpaired) electrons. The highest BCUT2D eigenvalue weighted by Crippen LogP contribution is 2.28. The molecular formula is C16H11BrN2O. The maximum atomic E-state index is 10.0. The number of aromatic hydroxyl groups is 1. The summed E-state index contributed by atoms with van der Waals surface area (Å²) >= 11 is 3.45. The minimum atomic E-state index is 0.208. The minimum Gasteiger partial charge on any atom is -0.507 e. The SMILES string of the molecule is Oc1ccc2cc(Br)ccc2c1/C=N/c1ccccn1. The van der Waals surface area contributed by atoms with Crippen LogP contribution in [-0.4, -0.2) is 16.3 Å². The standard InChI is InChI=1S/C16H11BrN2O/c17-12-5-6-13-11(9-12)4-7-15(20)14(13)10-19-16-3-1-2-8-18-16/h1-10,20H/b19-10+. The molecule has 0 spiro atoms. The number of aromatic nitrogens is 1. The third kappa shape index (κ3) is 2.56. The first-order valence-electron chi connectivity index (χ1n) is 6.10. The first-order valence-corrected chi connectivity index (χ1v) is 6.90. The Kier molecular flexibility index (Phi) is 3.48. The van der Waals surface area contributed by atoms with Crippen molar-refractivity contribution in [3.8, 4) is 5.75 Å². The molecule has 20 heavy (non-hydrogen) atoms. The average Bonchev–Trinajstić information content (AvgIpc) is 2.47. The quantitative estimate of drug-likeness (QED) is 0.707. The number of fused-ring (bicyclic) bond motifs is 1. The number of pyridine rings is 1. The van der Waals surface area contributed by atoms with Gasteiger partial charge < -0.3 is 5.11 Å². The summed E-state index contributed by atoms with van der Waals surface area (Å²) in [5.74, 6) is 0.820. The van der Waals surface area contributed by atoms with Gasteiger partial charge in [0.1, 0.15) is 5.75 Å². The van der Waals surface area contributed by atoms with Crippen molar-refractivity contribution in [2.45, 2.75) is 0 Å². The fraction of sp³-hybridized carbons (Fsp3) is 0. The van der Waals surface area contributed by atoms with Gasteiger partial charge in [-0.3, -0.25) is 0 Å². The molecule has 4 heteroatoms. The Bertz CT molecular complexity index is 785. The molecule has 3 rings (SSSR count). The van der Waals surface area contributed by atoms with Gasteiger partial charge in [-0.25, -0.2) is 9.98 Å². The molecule has 3 nitrogen and oxygen atoms in total. The van der Waals surface area contributed by atoms with E-state index in [0.29, 0.717) is 11.4 Å². The summed E-state index contributed by atoms with van der Waals surface area (Å²) in [6, 6.07) is 15.0.